The van der Waals surface area contributed by atoms with E-state index in [1.807, 2.05) is 11.4 Å². The zero-order valence-corrected chi connectivity index (χ0v) is 12.6. The molecular formula is C14H21N3O2S. The third kappa shape index (κ3) is 4.05. The van der Waals surface area contributed by atoms with Crippen LogP contribution in [-0.4, -0.2) is 36.5 Å². The van der Waals surface area contributed by atoms with Gasteiger partial charge in [-0.25, -0.2) is 0 Å². The molecule has 0 aliphatic carbocycles. The largest absolute Gasteiger partial charge is 0.351 e. The molecule has 6 heteroatoms. The SMILES string of the molecule is CC1CC(NC(=O)C(C)NC(=O)c2cccs2)CCN1. The highest BCUT2D eigenvalue weighted by atomic mass is 32.1. The lowest BCUT2D eigenvalue weighted by molar-refractivity contribution is -0.123. The second-order valence-electron chi connectivity index (χ2n) is 5.26. The number of thiophene rings is 1. The fraction of sp³-hybridized carbons (Fsp3) is 0.571. The highest BCUT2D eigenvalue weighted by molar-refractivity contribution is 7.12. The van der Waals surface area contributed by atoms with Gasteiger partial charge in [-0.15, -0.1) is 11.3 Å². The minimum atomic E-state index is -0.519. The average molecular weight is 295 g/mol. The lowest BCUT2D eigenvalue weighted by Gasteiger charge is -2.29. The number of amides is 2. The first-order valence-corrected chi connectivity index (χ1v) is 7.82. The molecule has 20 heavy (non-hydrogen) atoms. The number of carbonyl (C=O) groups is 2. The van der Waals surface area contributed by atoms with Crippen molar-refractivity contribution in [2.75, 3.05) is 6.54 Å². The molecule has 110 valence electrons. The smallest absolute Gasteiger partial charge is 0.261 e. The highest BCUT2D eigenvalue weighted by Crippen LogP contribution is 2.09. The summed E-state index contributed by atoms with van der Waals surface area (Å²) in [4.78, 5) is 24.6. The number of nitrogens with one attached hydrogen (secondary N) is 3. The second-order valence-corrected chi connectivity index (χ2v) is 6.21. The van der Waals surface area contributed by atoms with Crippen LogP contribution in [0.25, 0.3) is 0 Å². The molecule has 1 saturated heterocycles. The van der Waals surface area contributed by atoms with E-state index in [4.69, 9.17) is 0 Å². The van der Waals surface area contributed by atoms with Crippen molar-refractivity contribution in [3.05, 3.63) is 22.4 Å². The fourth-order valence-corrected chi connectivity index (χ4v) is 2.96. The van der Waals surface area contributed by atoms with Crippen LogP contribution in [0.1, 0.15) is 36.4 Å². The molecule has 5 nitrogen and oxygen atoms in total. The van der Waals surface area contributed by atoms with Gasteiger partial charge in [-0.05, 0) is 44.7 Å². The first-order chi connectivity index (χ1) is 9.56. The zero-order chi connectivity index (χ0) is 14.5. The van der Waals surface area contributed by atoms with Gasteiger partial charge in [0.2, 0.25) is 5.91 Å². The monoisotopic (exact) mass is 295 g/mol. The van der Waals surface area contributed by atoms with Gasteiger partial charge in [0.1, 0.15) is 6.04 Å². The predicted molar refractivity (Wildman–Crippen MR) is 79.9 cm³/mol. The summed E-state index contributed by atoms with van der Waals surface area (Å²) in [7, 11) is 0. The van der Waals surface area contributed by atoms with E-state index in [1.165, 1.54) is 11.3 Å². The van der Waals surface area contributed by atoms with Crippen molar-refractivity contribution in [1.82, 2.24) is 16.0 Å². The molecule has 0 spiro atoms. The van der Waals surface area contributed by atoms with E-state index in [0.29, 0.717) is 10.9 Å². The molecule has 2 rings (SSSR count). The van der Waals surface area contributed by atoms with Crippen LogP contribution in [0.3, 0.4) is 0 Å². The van der Waals surface area contributed by atoms with Gasteiger partial charge in [0, 0.05) is 12.1 Å². The number of hydrogen-bond donors (Lipinski definition) is 3. The molecule has 1 aromatic rings. The van der Waals surface area contributed by atoms with E-state index in [2.05, 4.69) is 22.9 Å². The Kier molecular flexibility index (Phi) is 5.14. The molecule has 2 heterocycles. The molecule has 0 aromatic carbocycles. The van der Waals surface area contributed by atoms with Crippen LogP contribution in [0.15, 0.2) is 17.5 Å². The van der Waals surface area contributed by atoms with Gasteiger partial charge in [-0.2, -0.15) is 0 Å². The molecule has 3 unspecified atom stereocenters. The predicted octanol–water partition coefficient (Wildman–Crippen LogP) is 1.12. The first kappa shape index (κ1) is 15.0. The summed E-state index contributed by atoms with van der Waals surface area (Å²) in [6.45, 7) is 4.74. The maximum Gasteiger partial charge on any atom is 0.261 e. The van der Waals surface area contributed by atoms with Gasteiger partial charge >= 0.3 is 0 Å². The fourth-order valence-electron chi connectivity index (χ4n) is 2.33. The van der Waals surface area contributed by atoms with Crippen LogP contribution < -0.4 is 16.0 Å². The van der Waals surface area contributed by atoms with Crippen molar-refractivity contribution >= 4 is 23.2 Å². The van der Waals surface area contributed by atoms with Gasteiger partial charge in [0.25, 0.3) is 5.91 Å². The van der Waals surface area contributed by atoms with E-state index >= 15 is 0 Å². The summed E-state index contributed by atoms with van der Waals surface area (Å²) in [5.74, 6) is -0.310. The maximum absolute atomic E-state index is 12.1. The summed E-state index contributed by atoms with van der Waals surface area (Å²) in [6.07, 6.45) is 1.86. The molecule has 3 N–H and O–H groups in total. The molecule has 2 amide bonds. The Labute approximate surface area is 123 Å². The van der Waals surface area contributed by atoms with Crippen LogP contribution in [0.4, 0.5) is 0 Å². The minimum absolute atomic E-state index is 0.117. The highest BCUT2D eigenvalue weighted by Gasteiger charge is 2.23. The summed E-state index contributed by atoms with van der Waals surface area (Å²) in [5, 5.41) is 10.9. The van der Waals surface area contributed by atoms with Crippen LogP contribution in [0, 0.1) is 0 Å². The molecule has 0 saturated carbocycles. The van der Waals surface area contributed by atoms with E-state index in [1.54, 1.807) is 13.0 Å². The molecule has 1 aliphatic heterocycles. The van der Waals surface area contributed by atoms with Gasteiger partial charge in [-0.3, -0.25) is 9.59 Å². The van der Waals surface area contributed by atoms with E-state index in [-0.39, 0.29) is 17.9 Å². The molecular weight excluding hydrogens is 274 g/mol. The summed E-state index contributed by atoms with van der Waals surface area (Å²) >= 11 is 1.37. The van der Waals surface area contributed by atoms with Crippen molar-refractivity contribution in [2.45, 2.75) is 44.8 Å². The van der Waals surface area contributed by atoms with Crippen molar-refractivity contribution in [2.24, 2.45) is 0 Å². The molecule has 0 bridgehead atoms. The lowest BCUT2D eigenvalue weighted by Crippen LogP contribution is -2.52. The van der Waals surface area contributed by atoms with E-state index < -0.39 is 6.04 Å². The molecule has 1 aromatic heterocycles. The molecule has 1 aliphatic rings. The number of rotatable bonds is 4. The zero-order valence-electron chi connectivity index (χ0n) is 11.8. The molecule has 1 fully saturated rings. The first-order valence-electron chi connectivity index (χ1n) is 6.94. The Morgan fingerprint density at radius 1 is 1.50 bits per heavy atom. The molecule has 3 atom stereocenters. The van der Waals surface area contributed by atoms with Gasteiger partial charge in [0.15, 0.2) is 0 Å². The lowest BCUT2D eigenvalue weighted by atomic mass is 10.0. The minimum Gasteiger partial charge on any atom is -0.351 e. The van der Waals surface area contributed by atoms with Crippen LogP contribution >= 0.6 is 11.3 Å². The summed E-state index contributed by atoms with van der Waals surface area (Å²) in [5.41, 5.74) is 0. The third-order valence-electron chi connectivity index (χ3n) is 3.46. The molecule has 0 radical (unpaired) electrons. The topological polar surface area (TPSA) is 70.2 Å². The average Bonchev–Trinajstić information content (AvgIpc) is 2.92. The number of hydrogen-bond acceptors (Lipinski definition) is 4. The second kappa shape index (κ2) is 6.85. The Morgan fingerprint density at radius 3 is 2.95 bits per heavy atom. The quantitative estimate of drug-likeness (QED) is 0.779. The summed E-state index contributed by atoms with van der Waals surface area (Å²) in [6, 6.07) is 3.67. The Morgan fingerprint density at radius 2 is 2.30 bits per heavy atom. The number of carbonyl (C=O) groups excluding carboxylic acids is 2. The van der Waals surface area contributed by atoms with Crippen molar-refractivity contribution < 1.29 is 9.59 Å². The van der Waals surface area contributed by atoms with Crippen molar-refractivity contribution in [3.63, 3.8) is 0 Å². The summed E-state index contributed by atoms with van der Waals surface area (Å²) < 4.78 is 0. The van der Waals surface area contributed by atoms with Crippen LogP contribution in [-0.2, 0) is 4.79 Å². The number of piperidine rings is 1. The van der Waals surface area contributed by atoms with E-state index in [0.717, 1.165) is 19.4 Å². The maximum atomic E-state index is 12.1. The Hall–Kier alpha value is -1.40. The van der Waals surface area contributed by atoms with Crippen LogP contribution in [0.5, 0.6) is 0 Å². The van der Waals surface area contributed by atoms with Crippen LogP contribution in [0.2, 0.25) is 0 Å². The van der Waals surface area contributed by atoms with E-state index in [9.17, 15) is 9.59 Å². The van der Waals surface area contributed by atoms with Crippen molar-refractivity contribution in [1.29, 1.82) is 0 Å². The normalized spacial score (nSPS) is 23.9. The standard InChI is InChI=1S/C14H21N3O2S/c1-9-8-11(5-6-15-9)17-13(18)10(2)16-14(19)12-4-3-7-20-12/h3-4,7,9-11,15H,5-6,8H2,1-2H3,(H,16,19)(H,17,18). The third-order valence-corrected chi connectivity index (χ3v) is 4.32. The Bertz CT molecular complexity index is 461. The van der Waals surface area contributed by atoms with Gasteiger partial charge < -0.3 is 16.0 Å². The van der Waals surface area contributed by atoms with Gasteiger partial charge in [-0.1, -0.05) is 6.07 Å². The van der Waals surface area contributed by atoms with Crippen molar-refractivity contribution in [3.8, 4) is 0 Å². The Balaban J connectivity index is 1.81. The van der Waals surface area contributed by atoms with Gasteiger partial charge in [0.05, 0.1) is 4.88 Å².